The van der Waals surface area contributed by atoms with Gasteiger partial charge in [-0.2, -0.15) is 0 Å². The molecule has 0 aromatic carbocycles. The Bertz CT molecular complexity index is 567. The van der Waals surface area contributed by atoms with Crippen LogP contribution in [0.4, 0.5) is 4.79 Å². The van der Waals surface area contributed by atoms with E-state index in [1.807, 2.05) is 10.8 Å². The largest absolute Gasteiger partial charge is 0.350 e. The van der Waals surface area contributed by atoms with Crippen LogP contribution in [0, 0.1) is 0 Å². The zero-order valence-electron chi connectivity index (χ0n) is 10.8. The van der Waals surface area contributed by atoms with E-state index in [0.717, 1.165) is 18.7 Å². The first-order valence-corrected chi connectivity index (χ1v) is 6.50. The molecule has 1 fully saturated rings. The number of imidazole rings is 1. The van der Waals surface area contributed by atoms with Crippen LogP contribution in [-0.4, -0.2) is 51.4 Å². The van der Waals surface area contributed by atoms with E-state index in [1.54, 1.807) is 6.20 Å². The lowest BCUT2D eigenvalue weighted by Crippen LogP contribution is -2.46. The summed E-state index contributed by atoms with van der Waals surface area (Å²) in [5, 5.41) is 5.03. The molecule has 8 heteroatoms. The van der Waals surface area contributed by atoms with Gasteiger partial charge in [-0.15, -0.1) is 0 Å². The molecular weight excluding hydrogens is 262 g/mol. The molecule has 1 saturated heterocycles. The molecule has 106 valence electrons. The van der Waals surface area contributed by atoms with Crippen molar-refractivity contribution < 1.29 is 14.4 Å². The van der Waals surface area contributed by atoms with Gasteiger partial charge in [0.2, 0.25) is 11.8 Å². The van der Waals surface area contributed by atoms with Crippen LogP contribution < -0.4 is 10.6 Å². The van der Waals surface area contributed by atoms with Crippen LogP contribution in [0.1, 0.15) is 12.2 Å². The second-order valence-corrected chi connectivity index (χ2v) is 5.01. The number of imide groups is 1. The average molecular weight is 277 g/mol. The molecule has 8 nitrogen and oxygen atoms in total. The van der Waals surface area contributed by atoms with Gasteiger partial charge in [0, 0.05) is 31.4 Å². The number of hydrogen-bond donors (Lipinski definition) is 2. The number of nitrogens with zero attached hydrogens (tertiary/aromatic N) is 3. The Morgan fingerprint density at radius 2 is 2.35 bits per heavy atom. The molecule has 1 aromatic rings. The van der Waals surface area contributed by atoms with E-state index in [-0.39, 0.29) is 30.9 Å². The normalized spacial score (nSPS) is 21.6. The summed E-state index contributed by atoms with van der Waals surface area (Å²) in [4.78, 5) is 39.7. The third kappa shape index (κ3) is 2.49. The minimum atomic E-state index is -0.509. The van der Waals surface area contributed by atoms with Crippen LogP contribution in [0.15, 0.2) is 12.4 Å². The van der Waals surface area contributed by atoms with Crippen LogP contribution in [0.25, 0.3) is 0 Å². The third-order valence-electron chi connectivity index (χ3n) is 3.50. The zero-order valence-corrected chi connectivity index (χ0v) is 10.8. The van der Waals surface area contributed by atoms with Crippen molar-refractivity contribution in [1.82, 2.24) is 25.1 Å². The van der Waals surface area contributed by atoms with Gasteiger partial charge < -0.3 is 14.8 Å². The van der Waals surface area contributed by atoms with Gasteiger partial charge in [0.05, 0.1) is 0 Å². The first-order valence-electron chi connectivity index (χ1n) is 6.50. The number of nitrogens with one attached hydrogen (secondary N) is 2. The van der Waals surface area contributed by atoms with Gasteiger partial charge in [-0.05, 0) is 6.42 Å². The zero-order chi connectivity index (χ0) is 14.1. The van der Waals surface area contributed by atoms with Crippen LogP contribution in [0.5, 0.6) is 0 Å². The third-order valence-corrected chi connectivity index (χ3v) is 3.50. The van der Waals surface area contributed by atoms with Gasteiger partial charge in [-0.3, -0.25) is 14.9 Å². The molecule has 1 unspecified atom stereocenters. The summed E-state index contributed by atoms with van der Waals surface area (Å²) >= 11 is 0. The fraction of sp³-hybridized carbons (Fsp3) is 0.500. The van der Waals surface area contributed by atoms with E-state index < -0.39 is 6.03 Å². The quantitative estimate of drug-likeness (QED) is 0.683. The maximum atomic E-state index is 11.9. The molecule has 0 radical (unpaired) electrons. The van der Waals surface area contributed by atoms with E-state index >= 15 is 0 Å². The van der Waals surface area contributed by atoms with Crippen molar-refractivity contribution in [3.63, 3.8) is 0 Å². The van der Waals surface area contributed by atoms with Crippen LogP contribution >= 0.6 is 0 Å². The second kappa shape index (κ2) is 4.95. The highest BCUT2D eigenvalue weighted by Gasteiger charge is 2.29. The Kier molecular flexibility index (Phi) is 3.13. The molecule has 3 rings (SSSR count). The van der Waals surface area contributed by atoms with Crippen molar-refractivity contribution in [1.29, 1.82) is 0 Å². The topological polar surface area (TPSA) is 96.3 Å². The first kappa shape index (κ1) is 12.6. The maximum Gasteiger partial charge on any atom is 0.325 e. The highest BCUT2D eigenvalue weighted by molar-refractivity contribution is 6.03. The first-order chi connectivity index (χ1) is 9.61. The predicted molar refractivity (Wildman–Crippen MR) is 67.6 cm³/mol. The molecule has 3 heterocycles. The fourth-order valence-electron chi connectivity index (χ4n) is 2.54. The lowest BCUT2D eigenvalue weighted by molar-refractivity contribution is -0.122. The standard InChI is InChI=1S/C12H15N5O3/c18-10(6-17-7-11(19)15-12(17)20)14-8-1-2-9-13-3-4-16(9)5-8/h3-4,8H,1-2,5-7H2,(H,14,18)(H,15,19,20). The molecule has 1 aromatic heterocycles. The molecule has 0 bridgehead atoms. The Morgan fingerprint density at radius 1 is 1.50 bits per heavy atom. The lowest BCUT2D eigenvalue weighted by Gasteiger charge is -2.25. The Hall–Kier alpha value is -2.38. The van der Waals surface area contributed by atoms with Crippen molar-refractivity contribution in [3.8, 4) is 0 Å². The van der Waals surface area contributed by atoms with E-state index in [4.69, 9.17) is 0 Å². The summed E-state index contributed by atoms with van der Waals surface area (Å²) in [5.74, 6) is 0.409. The van der Waals surface area contributed by atoms with Crippen molar-refractivity contribution in [2.75, 3.05) is 13.1 Å². The SMILES string of the molecule is O=C1CN(CC(=O)NC2CCc3nccn3C2)C(=O)N1. The summed E-state index contributed by atoms with van der Waals surface area (Å²) in [7, 11) is 0. The van der Waals surface area contributed by atoms with Crippen molar-refractivity contribution in [2.24, 2.45) is 0 Å². The van der Waals surface area contributed by atoms with Crippen LogP contribution in [-0.2, 0) is 22.6 Å². The van der Waals surface area contributed by atoms with Crippen molar-refractivity contribution >= 4 is 17.8 Å². The van der Waals surface area contributed by atoms with Gasteiger partial charge in [0.25, 0.3) is 0 Å². The van der Waals surface area contributed by atoms with E-state index in [0.29, 0.717) is 6.54 Å². The highest BCUT2D eigenvalue weighted by Crippen LogP contribution is 2.13. The molecule has 0 spiro atoms. The number of urea groups is 1. The molecular formula is C12H15N5O3. The minimum absolute atomic E-state index is 0.0329. The van der Waals surface area contributed by atoms with Crippen molar-refractivity contribution in [3.05, 3.63) is 18.2 Å². The van der Waals surface area contributed by atoms with E-state index in [1.165, 1.54) is 4.90 Å². The van der Waals surface area contributed by atoms with Gasteiger partial charge in [-0.25, -0.2) is 9.78 Å². The van der Waals surface area contributed by atoms with Crippen LogP contribution in [0.2, 0.25) is 0 Å². The highest BCUT2D eigenvalue weighted by atomic mass is 16.2. The molecule has 0 saturated carbocycles. The maximum absolute atomic E-state index is 11.9. The molecule has 0 aliphatic carbocycles. The Morgan fingerprint density at radius 3 is 3.10 bits per heavy atom. The molecule has 1 atom stereocenters. The summed E-state index contributed by atoms with van der Waals surface area (Å²) < 4.78 is 2.01. The summed E-state index contributed by atoms with van der Waals surface area (Å²) in [6.45, 7) is 0.541. The molecule has 20 heavy (non-hydrogen) atoms. The molecule has 4 amide bonds. The number of amides is 4. The monoisotopic (exact) mass is 277 g/mol. The number of rotatable bonds is 3. The van der Waals surface area contributed by atoms with Crippen LogP contribution in [0.3, 0.4) is 0 Å². The number of aromatic nitrogens is 2. The number of carbonyl (C=O) groups is 3. The van der Waals surface area contributed by atoms with E-state index in [2.05, 4.69) is 15.6 Å². The number of carbonyl (C=O) groups excluding carboxylic acids is 3. The lowest BCUT2D eigenvalue weighted by atomic mass is 10.1. The van der Waals surface area contributed by atoms with Gasteiger partial charge in [-0.1, -0.05) is 0 Å². The molecule has 2 aliphatic heterocycles. The Labute approximate surface area is 115 Å². The number of fused-ring (bicyclic) bond motifs is 1. The number of aryl methyl sites for hydroxylation is 1. The number of hydrogen-bond acceptors (Lipinski definition) is 4. The summed E-state index contributed by atoms with van der Waals surface area (Å²) in [6, 6.07) is -0.476. The average Bonchev–Trinajstić information content (AvgIpc) is 2.96. The van der Waals surface area contributed by atoms with Gasteiger partial charge in [0.1, 0.15) is 18.9 Å². The Balaban J connectivity index is 1.53. The second-order valence-electron chi connectivity index (χ2n) is 5.01. The minimum Gasteiger partial charge on any atom is -0.350 e. The predicted octanol–water partition coefficient (Wildman–Crippen LogP) is -1.13. The van der Waals surface area contributed by atoms with E-state index in [9.17, 15) is 14.4 Å². The fourth-order valence-corrected chi connectivity index (χ4v) is 2.54. The van der Waals surface area contributed by atoms with Gasteiger partial charge >= 0.3 is 6.03 Å². The summed E-state index contributed by atoms with van der Waals surface area (Å²) in [5.41, 5.74) is 0. The summed E-state index contributed by atoms with van der Waals surface area (Å²) in [6.07, 6.45) is 5.29. The van der Waals surface area contributed by atoms with Gasteiger partial charge in [0.15, 0.2) is 0 Å². The molecule has 2 aliphatic rings. The smallest absolute Gasteiger partial charge is 0.325 e. The van der Waals surface area contributed by atoms with Crippen molar-refractivity contribution in [2.45, 2.75) is 25.4 Å². The molecule has 2 N–H and O–H groups in total.